The molecule has 2 saturated heterocycles. The molecule has 2 aliphatic heterocycles. The molecule has 2 N–H and O–H groups in total. The van der Waals surface area contributed by atoms with Crippen molar-refractivity contribution in [2.24, 2.45) is 5.92 Å². The van der Waals surface area contributed by atoms with Crippen LogP contribution in [0.1, 0.15) is 46.9 Å². The van der Waals surface area contributed by atoms with E-state index in [1.54, 1.807) is 12.1 Å². The minimum atomic E-state index is -0.570. The Morgan fingerprint density at radius 3 is 2.47 bits per heavy atom. The average molecular weight is 544 g/mol. The van der Waals surface area contributed by atoms with Crippen molar-refractivity contribution < 1.29 is 19.2 Å². The van der Waals surface area contributed by atoms with Crippen LogP contribution in [0.3, 0.4) is 0 Å². The van der Waals surface area contributed by atoms with E-state index in [-0.39, 0.29) is 22.2 Å². The lowest BCUT2D eigenvalue weighted by Crippen LogP contribution is -2.38. The van der Waals surface area contributed by atoms with Gasteiger partial charge < -0.3 is 20.3 Å². The third-order valence-corrected chi connectivity index (χ3v) is 7.38. The van der Waals surface area contributed by atoms with Gasteiger partial charge in [-0.1, -0.05) is 18.5 Å². The van der Waals surface area contributed by atoms with E-state index in [0.29, 0.717) is 23.7 Å². The summed E-state index contributed by atoms with van der Waals surface area (Å²) in [6.45, 7) is 8.71. The average Bonchev–Trinajstić information content (AvgIpc) is 2.92. The number of nitro benzene ring substituents is 1. The molecule has 4 rings (SSSR count). The van der Waals surface area contributed by atoms with Gasteiger partial charge >= 0.3 is 0 Å². The molecule has 204 valence electrons. The summed E-state index contributed by atoms with van der Waals surface area (Å²) < 4.78 is 5.39. The zero-order valence-corrected chi connectivity index (χ0v) is 22.3. The number of benzene rings is 2. The number of anilines is 2. The van der Waals surface area contributed by atoms with E-state index >= 15 is 0 Å². The van der Waals surface area contributed by atoms with Crippen LogP contribution in [0.4, 0.5) is 17.1 Å². The standard InChI is InChI=1S/C27H34ClN5O5/c1-19-7-11-32(12-8-19)25-6-3-20(30-27(35)22-5-4-21(33(36)37)18-24(22)28)17-23(25)26(34)29-9-2-10-31-13-15-38-16-14-31/h3-6,17-19H,2,7-16H2,1H3,(H,29,34)(H,30,35). The van der Waals surface area contributed by atoms with Gasteiger partial charge in [-0.3, -0.25) is 24.6 Å². The first kappa shape index (κ1) is 27.8. The number of morpholine rings is 1. The molecule has 0 aliphatic carbocycles. The Morgan fingerprint density at radius 1 is 1.05 bits per heavy atom. The number of rotatable bonds is 9. The molecular formula is C27H34ClN5O5. The highest BCUT2D eigenvalue weighted by atomic mass is 35.5. The van der Waals surface area contributed by atoms with Gasteiger partial charge in [-0.25, -0.2) is 0 Å². The third kappa shape index (κ3) is 7.21. The maximum absolute atomic E-state index is 13.3. The number of amides is 2. The van der Waals surface area contributed by atoms with Crippen molar-refractivity contribution in [3.8, 4) is 0 Å². The van der Waals surface area contributed by atoms with Crippen LogP contribution in [-0.4, -0.2) is 74.1 Å². The van der Waals surface area contributed by atoms with Crippen molar-refractivity contribution in [1.29, 1.82) is 0 Å². The molecule has 38 heavy (non-hydrogen) atoms. The number of piperidine rings is 1. The lowest BCUT2D eigenvalue weighted by Gasteiger charge is -2.33. The summed E-state index contributed by atoms with van der Waals surface area (Å²) in [7, 11) is 0. The van der Waals surface area contributed by atoms with Crippen LogP contribution < -0.4 is 15.5 Å². The second kappa shape index (κ2) is 13.0. The molecular weight excluding hydrogens is 510 g/mol. The summed E-state index contributed by atoms with van der Waals surface area (Å²) in [6, 6.07) is 9.01. The molecule has 0 bridgehead atoms. The molecule has 2 aliphatic rings. The molecule has 10 nitrogen and oxygen atoms in total. The van der Waals surface area contributed by atoms with Crippen molar-refractivity contribution in [3.05, 3.63) is 62.7 Å². The van der Waals surface area contributed by atoms with Crippen LogP contribution in [0.2, 0.25) is 5.02 Å². The Labute approximate surface area is 227 Å². The zero-order valence-electron chi connectivity index (χ0n) is 21.6. The SMILES string of the molecule is CC1CCN(c2ccc(NC(=O)c3ccc([N+](=O)[O-])cc3Cl)cc2C(=O)NCCCN2CCOCC2)CC1. The fraction of sp³-hybridized carbons (Fsp3) is 0.481. The number of nitro groups is 1. The summed E-state index contributed by atoms with van der Waals surface area (Å²) in [4.78, 5) is 41.2. The number of nitrogens with zero attached hydrogens (tertiary/aromatic N) is 3. The van der Waals surface area contributed by atoms with Crippen LogP contribution in [0, 0.1) is 16.0 Å². The largest absolute Gasteiger partial charge is 0.379 e. The number of ether oxygens (including phenoxy) is 1. The van der Waals surface area contributed by atoms with Crippen LogP contribution in [0.15, 0.2) is 36.4 Å². The summed E-state index contributed by atoms with van der Waals surface area (Å²) >= 11 is 6.14. The minimum absolute atomic E-state index is 0.0195. The van der Waals surface area contributed by atoms with Crippen LogP contribution in [0.5, 0.6) is 0 Å². The molecule has 2 fully saturated rings. The molecule has 0 radical (unpaired) electrons. The maximum atomic E-state index is 13.3. The third-order valence-electron chi connectivity index (χ3n) is 7.07. The molecule has 0 spiro atoms. The van der Waals surface area contributed by atoms with Gasteiger partial charge in [0.05, 0.1) is 34.3 Å². The molecule has 2 amide bonds. The molecule has 2 heterocycles. The van der Waals surface area contributed by atoms with Crippen molar-refractivity contribution in [3.63, 3.8) is 0 Å². The van der Waals surface area contributed by atoms with E-state index in [1.807, 2.05) is 6.07 Å². The molecule has 0 atom stereocenters. The van der Waals surface area contributed by atoms with E-state index in [2.05, 4.69) is 27.4 Å². The minimum Gasteiger partial charge on any atom is -0.379 e. The van der Waals surface area contributed by atoms with E-state index in [1.165, 1.54) is 12.1 Å². The second-order valence-electron chi connectivity index (χ2n) is 9.84. The highest BCUT2D eigenvalue weighted by Crippen LogP contribution is 2.30. The van der Waals surface area contributed by atoms with Crippen molar-refractivity contribution in [2.75, 3.05) is 62.7 Å². The van der Waals surface area contributed by atoms with Gasteiger partial charge in [0.2, 0.25) is 0 Å². The van der Waals surface area contributed by atoms with Gasteiger partial charge in [-0.15, -0.1) is 0 Å². The summed E-state index contributed by atoms with van der Waals surface area (Å²) in [5.41, 5.74) is 1.70. The Balaban J connectivity index is 1.47. The van der Waals surface area contributed by atoms with E-state index < -0.39 is 10.8 Å². The monoisotopic (exact) mass is 543 g/mol. The molecule has 2 aromatic rings. The predicted octanol–water partition coefficient (Wildman–Crippen LogP) is 4.19. The number of nitrogens with one attached hydrogen (secondary N) is 2. The van der Waals surface area contributed by atoms with E-state index in [4.69, 9.17) is 16.3 Å². The van der Waals surface area contributed by atoms with Crippen LogP contribution >= 0.6 is 11.6 Å². The second-order valence-corrected chi connectivity index (χ2v) is 10.2. The molecule has 0 unspecified atom stereocenters. The van der Waals surface area contributed by atoms with Gasteiger partial charge in [0.1, 0.15) is 0 Å². The maximum Gasteiger partial charge on any atom is 0.270 e. The van der Waals surface area contributed by atoms with Crippen molar-refractivity contribution in [2.45, 2.75) is 26.2 Å². The Morgan fingerprint density at radius 2 is 1.79 bits per heavy atom. The fourth-order valence-corrected chi connectivity index (χ4v) is 5.01. The van der Waals surface area contributed by atoms with Gasteiger partial charge in [0, 0.05) is 56.2 Å². The molecule has 0 aromatic heterocycles. The van der Waals surface area contributed by atoms with E-state index in [0.717, 1.165) is 77.0 Å². The van der Waals surface area contributed by atoms with Gasteiger partial charge in [-0.2, -0.15) is 0 Å². The Bertz CT molecular complexity index is 1160. The fourth-order valence-electron chi connectivity index (χ4n) is 4.75. The summed E-state index contributed by atoms with van der Waals surface area (Å²) in [6.07, 6.45) is 2.94. The highest BCUT2D eigenvalue weighted by molar-refractivity contribution is 6.34. The Hall–Kier alpha value is -3.21. The molecule has 2 aromatic carbocycles. The van der Waals surface area contributed by atoms with Gasteiger partial charge in [-0.05, 0) is 56.0 Å². The van der Waals surface area contributed by atoms with Crippen molar-refractivity contribution in [1.82, 2.24) is 10.2 Å². The number of carbonyl (C=O) groups is 2. The first-order valence-electron chi connectivity index (χ1n) is 13.0. The number of hydrogen-bond acceptors (Lipinski definition) is 7. The zero-order chi connectivity index (χ0) is 27.1. The quantitative estimate of drug-likeness (QED) is 0.277. The number of hydrogen-bond donors (Lipinski definition) is 2. The lowest BCUT2D eigenvalue weighted by atomic mass is 9.97. The number of non-ortho nitro benzene ring substituents is 1. The topological polar surface area (TPSA) is 117 Å². The first-order valence-corrected chi connectivity index (χ1v) is 13.4. The van der Waals surface area contributed by atoms with E-state index in [9.17, 15) is 19.7 Å². The summed E-state index contributed by atoms with van der Waals surface area (Å²) in [5.74, 6) is -0.0555. The van der Waals surface area contributed by atoms with Crippen molar-refractivity contribution >= 4 is 40.5 Å². The summed E-state index contributed by atoms with van der Waals surface area (Å²) in [5, 5.41) is 16.8. The molecule has 0 saturated carbocycles. The lowest BCUT2D eigenvalue weighted by molar-refractivity contribution is -0.384. The van der Waals surface area contributed by atoms with Crippen LogP contribution in [-0.2, 0) is 4.74 Å². The van der Waals surface area contributed by atoms with Gasteiger partial charge in [0.25, 0.3) is 17.5 Å². The number of carbonyl (C=O) groups excluding carboxylic acids is 2. The predicted molar refractivity (Wildman–Crippen MR) is 147 cm³/mol. The smallest absolute Gasteiger partial charge is 0.270 e. The number of halogens is 1. The Kier molecular flexibility index (Phi) is 9.54. The molecule has 11 heteroatoms. The normalized spacial score (nSPS) is 16.7. The van der Waals surface area contributed by atoms with Crippen LogP contribution in [0.25, 0.3) is 0 Å². The van der Waals surface area contributed by atoms with Gasteiger partial charge in [0.15, 0.2) is 0 Å². The highest BCUT2D eigenvalue weighted by Gasteiger charge is 2.23. The first-order chi connectivity index (χ1) is 18.3.